The molecule has 0 amide bonds. The van der Waals surface area contributed by atoms with Gasteiger partial charge >= 0.3 is 5.97 Å². The fourth-order valence-corrected chi connectivity index (χ4v) is 0.839. The van der Waals surface area contributed by atoms with E-state index in [1.807, 2.05) is 0 Å². The second kappa shape index (κ2) is 3.05. The first-order valence-corrected chi connectivity index (χ1v) is 3.32. The van der Waals surface area contributed by atoms with E-state index in [1.165, 1.54) is 6.07 Å². The summed E-state index contributed by atoms with van der Waals surface area (Å²) >= 11 is 0. The number of carboxylic acid groups (broad SMARTS) is 1. The molecule has 0 aliphatic carbocycles. The van der Waals surface area contributed by atoms with E-state index in [1.54, 1.807) is 13.0 Å². The molecule has 60 valence electrons. The van der Waals surface area contributed by atoms with E-state index in [2.05, 4.69) is 10.9 Å². The van der Waals surface area contributed by atoms with Crippen molar-refractivity contribution in [1.82, 2.24) is 4.98 Å². The Labute approximate surface area is 70.1 Å². The number of hydrogen-bond donors (Lipinski definition) is 1. The van der Waals surface area contributed by atoms with Crippen LogP contribution in [0.1, 0.15) is 21.7 Å². The van der Waals surface area contributed by atoms with Gasteiger partial charge in [0, 0.05) is 5.69 Å². The average Bonchev–Trinajstić information content (AvgIpc) is 2.03. The van der Waals surface area contributed by atoms with Gasteiger partial charge in [0.2, 0.25) is 0 Å². The number of carbonyl (C=O) groups is 1. The number of carboxylic acids is 1. The molecule has 1 rings (SSSR count). The Hall–Kier alpha value is -1.82. The van der Waals surface area contributed by atoms with Crippen molar-refractivity contribution in [2.45, 2.75) is 6.92 Å². The first-order valence-electron chi connectivity index (χ1n) is 3.32. The first kappa shape index (κ1) is 8.28. The van der Waals surface area contributed by atoms with Crippen LogP contribution in [0.4, 0.5) is 0 Å². The molecule has 0 aliphatic heterocycles. The van der Waals surface area contributed by atoms with E-state index in [0.29, 0.717) is 5.69 Å². The van der Waals surface area contributed by atoms with Gasteiger partial charge in [0.1, 0.15) is 5.69 Å². The minimum absolute atomic E-state index is 0.0723. The molecule has 0 aromatic carbocycles. The number of aryl methyl sites for hydroxylation is 1. The summed E-state index contributed by atoms with van der Waals surface area (Å²) in [5, 5.41) is 8.65. The Balaban J connectivity index is 3.32. The van der Waals surface area contributed by atoms with Crippen LogP contribution in [-0.2, 0) is 0 Å². The molecule has 12 heavy (non-hydrogen) atoms. The third-order valence-corrected chi connectivity index (χ3v) is 1.40. The maximum absolute atomic E-state index is 10.6. The van der Waals surface area contributed by atoms with Crippen molar-refractivity contribution >= 4 is 5.97 Å². The van der Waals surface area contributed by atoms with Gasteiger partial charge in [-0.25, -0.2) is 9.78 Å². The Morgan fingerprint density at radius 1 is 1.67 bits per heavy atom. The van der Waals surface area contributed by atoms with E-state index < -0.39 is 5.97 Å². The Bertz CT molecular complexity index is 363. The number of aromatic carboxylic acids is 1. The Morgan fingerprint density at radius 3 is 2.83 bits per heavy atom. The summed E-state index contributed by atoms with van der Waals surface area (Å²) in [7, 11) is 0. The highest BCUT2D eigenvalue weighted by Crippen LogP contribution is 2.05. The molecule has 1 aromatic heterocycles. The van der Waals surface area contributed by atoms with E-state index in [4.69, 9.17) is 11.5 Å². The van der Waals surface area contributed by atoms with Gasteiger partial charge in [-0.1, -0.05) is 0 Å². The standard InChI is InChI=1S/C9H7NO2/c1-3-8-7(9(11)12)5-4-6(2)10-8/h1,4-5H,2H3,(H,11,12). The van der Waals surface area contributed by atoms with Crippen LogP contribution < -0.4 is 0 Å². The molecule has 0 saturated heterocycles. The normalized spacial score (nSPS) is 9.00. The van der Waals surface area contributed by atoms with E-state index in [-0.39, 0.29) is 11.3 Å². The third kappa shape index (κ3) is 1.43. The third-order valence-electron chi connectivity index (χ3n) is 1.40. The second-order valence-electron chi connectivity index (χ2n) is 2.30. The van der Waals surface area contributed by atoms with Crippen LogP contribution in [0.2, 0.25) is 0 Å². The molecule has 0 bridgehead atoms. The summed E-state index contributed by atoms with van der Waals surface area (Å²) in [6.45, 7) is 1.76. The highest BCUT2D eigenvalue weighted by Gasteiger charge is 2.08. The minimum Gasteiger partial charge on any atom is -0.478 e. The summed E-state index contributed by atoms with van der Waals surface area (Å²) in [6, 6.07) is 3.07. The van der Waals surface area contributed by atoms with Crippen LogP contribution in [0.5, 0.6) is 0 Å². The molecule has 0 aliphatic rings. The van der Waals surface area contributed by atoms with Crippen molar-refractivity contribution in [3.8, 4) is 12.3 Å². The quantitative estimate of drug-likeness (QED) is 0.627. The predicted octanol–water partition coefficient (Wildman–Crippen LogP) is 1.07. The SMILES string of the molecule is C#Cc1nc(C)ccc1C(=O)O. The van der Waals surface area contributed by atoms with E-state index >= 15 is 0 Å². The van der Waals surface area contributed by atoms with Crippen LogP contribution in [0.3, 0.4) is 0 Å². The van der Waals surface area contributed by atoms with Gasteiger partial charge in [0.25, 0.3) is 0 Å². The Kier molecular flexibility index (Phi) is 2.11. The first-order chi connectivity index (χ1) is 5.65. The highest BCUT2D eigenvalue weighted by atomic mass is 16.4. The molecule has 0 spiro atoms. The largest absolute Gasteiger partial charge is 0.478 e. The molecular formula is C9H7NO2. The summed E-state index contributed by atoms with van der Waals surface area (Å²) in [5.41, 5.74) is 0.971. The van der Waals surface area contributed by atoms with Crippen LogP contribution in [0.25, 0.3) is 0 Å². The molecule has 1 aromatic rings. The van der Waals surface area contributed by atoms with Gasteiger partial charge in [0.05, 0.1) is 5.56 Å². The lowest BCUT2D eigenvalue weighted by atomic mass is 10.2. The van der Waals surface area contributed by atoms with Crippen LogP contribution >= 0.6 is 0 Å². The molecule has 3 heteroatoms. The second-order valence-corrected chi connectivity index (χ2v) is 2.30. The molecular weight excluding hydrogens is 154 g/mol. The lowest BCUT2D eigenvalue weighted by Crippen LogP contribution is -2.02. The van der Waals surface area contributed by atoms with E-state index in [0.717, 1.165) is 0 Å². The van der Waals surface area contributed by atoms with E-state index in [9.17, 15) is 4.79 Å². The molecule has 3 nitrogen and oxygen atoms in total. The fourth-order valence-electron chi connectivity index (χ4n) is 0.839. The Morgan fingerprint density at radius 2 is 2.33 bits per heavy atom. The smallest absolute Gasteiger partial charge is 0.338 e. The number of terminal acetylenes is 1. The molecule has 0 fully saturated rings. The van der Waals surface area contributed by atoms with Gasteiger partial charge in [0.15, 0.2) is 0 Å². The summed E-state index contributed by atoms with van der Waals surface area (Å²) < 4.78 is 0. The topological polar surface area (TPSA) is 50.2 Å². The van der Waals surface area contributed by atoms with Crippen LogP contribution in [-0.4, -0.2) is 16.1 Å². The number of hydrogen-bond acceptors (Lipinski definition) is 2. The van der Waals surface area contributed by atoms with Crippen LogP contribution in [0, 0.1) is 19.3 Å². The lowest BCUT2D eigenvalue weighted by molar-refractivity contribution is 0.0696. The summed E-state index contributed by atoms with van der Waals surface area (Å²) in [4.78, 5) is 14.5. The molecule has 0 radical (unpaired) electrons. The fraction of sp³-hybridized carbons (Fsp3) is 0.111. The van der Waals surface area contributed by atoms with Gasteiger partial charge in [-0.3, -0.25) is 0 Å². The highest BCUT2D eigenvalue weighted by molar-refractivity contribution is 5.89. The molecule has 0 atom stereocenters. The summed E-state index contributed by atoms with van der Waals surface area (Å²) in [6.07, 6.45) is 5.08. The predicted molar refractivity (Wildman–Crippen MR) is 43.9 cm³/mol. The molecule has 0 unspecified atom stereocenters. The number of aromatic nitrogens is 1. The van der Waals surface area contributed by atoms with Gasteiger partial charge in [-0.05, 0) is 25.0 Å². The monoisotopic (exact) mass is 161 g/mol. The van der Waals surface area contributed by atoms with Crippen molar-refractivity contribution < 1.29 is 9.90 Å². The molecule has 1 heterocycles. The van der Waals surface area contributed by atoms with Gasteiger partial charge in [-0.15, -0.1) is 6.42 Å². The van der Waals surface area contributed by atoms with Crippen LogP contribution in [0.15, 0.2) is 12.1 Å². The zero-order valence-electron chi connectivity index (χ0n) is 6.53. The number of pyridine rings is 1. The van der Waals surface area contributed by atoms with Crippen molar-refractivity contribution in [3.63, 3.8) is 0 Å². The van der Waals surface area contributed by atoms with Crippen molar-refractivity contribution in [1.29, 1.82) is 0 Å². The molecule has 0 saturated carbocycles. The van der Waals surface area contributed by atoms with Crippen molar-refractivity contribution in [2.24, 2.45) is 0 Å². The maximum atomic E-state index is 10.6. The minimum atomic E-state index is -1.05. The van der Waals surface area contributed by atoms with Gasteiger partial charge in [-0.2, -0.15) is 0 Å². The maximum Gasteiger partial charge on any atom is 0.338 e. The zero-order chi connectivity index (χ0) is 9.14. The zero-order valence-corrected chi connectivity index (χ0v) is 6.53. The average molecular weight is 161 g/mol. The van der Waals surface area contributed by atoms with Crippen molar-refractivity contribution in [2.75, 3.05) is 0 Å². The van der Waals surface area contributed by atoms with Crippen molar-refractivity contribution in [3.05, 3.63) is 29.1 Å². The molecule has 1 N–H and O–H groups in total. The number of nitrogens with zero attached hydrogens (tertiary/aromatic N) is 1. The summed E-state index contributed by atoms with van der Waals surface area (Å²) in [5.74, 6) is 1.18. The lowest BCUT2D eigenvalue weighted by Gasteiger charge is -1.98. The van der Waals surface area contributed by atoms with Gasteiger partial charge < -0.3 is 5.11 Å². The number of rotatable bonds is 1.